The molecule has 2 rings (SSSR count). The Hall–Kier alpha value is -2.18. The monoisotopic (exact) mass is 372 g/mol. The Morgan fingerprint density at radius 3 is 2.29 bits per heavy atom. The van der Waals surface area contributed by atoms with Gasteiger partial charge in [-0.15, -0.1) is 0 Å². The van der Waals surface area contributed by atoms with E-state index in [2.05, 4.69) is 5.32 Å². The van der Waals surface area contributed by atoms with Crippen LogP contribution in [0.5, 0.6) is 0 Å². The van der Waals surface area contributed by atoms with E-state index in [4.69, 9.17) is 28.9 Å². The molecule has 0 saturated heterocycles. The molecule has 0 spiro atoms. The van der Waals surface area contributed by atoms with Crippen molar-refractivity contribution in [3.05, 3.63) is 69.2 Å². The molecule has 0 fully saturated rings. The minimum Gasteiger partial charge on any atom is -0.368 e. The maximum Gasteiger partial charge on any atom is 0.254 e. The number of benzene rings is 2. The van der Waals surface area contributed by atoms with Crippen LogP contribution in [0.1, 0.15) is 15.9 Å². The number of primary amides is 1. The molecule has 0 aromatic heterocycles. The van der Waals surface area contributed by atoms with Crippen molar-refractivity contribution in [1.29, 1.82) is 0 Å². The summed E-state index contributed by atoms with van der Waals surface area (Å²) in [6.07, 6.45) is -0.0671. The topological polar surface area (TPSA) is 72.2 Å². The largest absolute Gasteiger partial charge is 0.368 e. The number of hydrogen-bond donors (Lipinski definition) is 2. The summed E-state index contributed by atoms with van der Waals surface area (Å²) < 4.78 is 26.6. The van der Waals surface area contributed by atoms with Gasteiger partial charge in [0.25, 0.3) is 5.91 Å². The van der Waals surface area contributed by atoms with Crippen LogP contribution >= 0.6 is 23.2 Å². The molecule has 24 heavy (non-hydrogen) atoms. The Kier molecular flexibility index (Phi) is 5.75. The van der Waals surface area contributed by atoms with Gasteiger partial charge < -0.3 is 11.1 Å². The predicted molar refractivity (Wildman–Crippen MR) is 87.0 cm³/mol. The summed E-state index contributed by atoms with van der Waals surface area (Å²) in [6.45, 7) is 0. The lowest BCUT2D eigenvalue weighted by Crippen LogP contribution is -2.46. The molecule has 3 N–H and O–H groups in total. The molecule has 4 nitrogen and oxygen atoms in total. The summed E-state index contributed by atoms with van der Waals surface area (Å²) in [5.41, 5.74) is 5.29. The fourth-order valence-electron chi connectivity index (χ4n) is 2.06. The molecule has 0 aliphatic heterocycles. The Morgan fingerprint density at radius 1 is 1.12 bits per heavy atom. The highest BCUT2D eigenvalue weighted by Gasteiger charge is 2.23. The lowest BCUT2D eigenvalue weighted by atomic mass is 10.0. The maximum absolute atomic E-state index is 13.6. The first-order valence-corrected chi connectivity index (χ1v) is 7.53. The molecule has 0 bridgehead atoms. The molecule has 1 atom stereocenters. The number of carbonyl (C=O) groups is 2. The van der Waals surface area contributed by atoms with Crippen LogP contribution in [0.3, 0.4) is 0 Å². The molecular weight excluding hydrogens is 361 g/mol. The van der Waals surface area contributed by atoms with E-state index < -0.39 is 35.1 Å². The molecule has 0 radical (unpaired) electrons. The normalized spacial score (nSPS) is 11.8. The van der Waals surface area contributed by atoms with Gasteiger partial charge in [0.2, 0.25) is 5.91 Å². The molecule has 0 aliphatic rings. The predicted octanol–water partition coefficient (Wildman–Crippen LogP) is 3.10. The van der Waals surface area contributed by atoms with Gasteiger partial charge in [-0.3, -0.25) is 9.59 Å². The molecule has 0 aliphatic carbocycles. The minimum atomic E-state index is -1.17. The van der Waals surface area contributed by atoms with E-state index >= 15 is 0 Å². The second kappa shape index (κ2) is 7.59. The maximum atomic E-state index is 13.6. The Balaban J connectivity index is 2.23. The summed E-state index contributed by atoms with van der Waals surface area (Å²) in [4.78, 5) is 23.7. The van der Waals surface area contributed by atoms with Crippen LogP contribution < -0.4 is 11.1 Å². The molecular formula is C16H12Cl2F2N2O2. The van der Waals surface area contributed by atoms with Gasteiger partial charge in [-0.05, 0) is 29.8 Å². The molecule has 126 valence electrons. The van der Waals surface area contributed by atoms with Crippen molar-refractivity contribution in [1.82, 2.24) is 5.32 Å². The highest BCUT2D eigenvalue weighted by atomic mass is 35.5. The summed E-state index contributed by atoms with van der Waals surface area (Å²) in [6, 6.07) is 6.08. The van der Waals surface area contributed by atoms with Crippen LogP contribution in [0.2, 0.25) is 10.0 Å². The number of nitrogens with two attached hydrogens (primary N) is 1. The van der Waals surface area contributed by atoms with E-state index in [1.165, 1.54) is 0 Å². The van der Waals surface area contributed by atoms with Crippen molar-refractivity contribution in [3.8, 4) is 0 Å². The van der Waals surface area contributed by atoms with Crippen molar-refractivity contribution in [2.45, 2.75) is 12.5 Å². The third-order valence-corrected chi connectivity index (χ3v) is 4.00. The van der Waals surface area contributed by atoms with Crippen molar-refractivity contribution in [2.24, 2.45) is 5.73 Å². The average molecular weight is 373 g/mol. The number of hydrogen-bond acceptors (Lipinski definition) is 2. The lowest BCUT2D eigenvalue weighted by molar-refractivity contribution is -0.119. The minimum absolute atomic E-state index is 0.0671. The van der Waals surface area contributed by atoms with E-state index in [1.54, 1.807) is 18.2 Å². The van der Waals surface area contributed by atoms with Crippen LogP contribution in [0, 0.1) is 11.6 Å². The zero-order valence-electron chi connectivity index (χ0n) is 12.2. The van der Waals surface area contributed by atoms with Crippen LogP contribution in [0.25, 0.3) is 0 Å². The van der Waals surface area contributed by atoms with E-state index in [1.807, 2.05) is 0 Å². The zero-order valence-corrected chi connectivity index (χ0v) is 13.7. The molecule has 0 heterocycles. The number of halogens is 4. The summed E-state index contributed by atoms with van der Waals surface area (Å²) in [5.74, 6) is -3.62. The zero-order chi connectivity index (χ0) is 17.9. The van der Waals surface area contributed by atoms with Gasteiger partial charge in [-0.1, -0.05) is 29.3 Å². The highest BCUT2D eigenvalue weighted by molar-refractivity contribution is 6.36. The fourth-order valence-corrected chi connectivity index (χ4v) is 2.62. The van der Waals surface area contributed by atoms with Crippen molar-refractivity contribution in [2.75, 3.05) is 0 Å². The van der Waals surface area contributed by atoms with Crippen molar-refractivity contribution < 1.29 is 18.4 Å². The van der Waals surface area contributed by atoms with Gasteiger partial charge >= 0.3 is 0 Å². The quantitative estimate of drug-likeness (QED) is 0.846. The molecule has 2 aromatic carbocycles. The van der Waals surface area contributed by atoms with E-state index in [0.29, 0.717) is 21.7 Å². The Labute approximate surface area is 146 Å². The van der Waals surface area contributed by atoms with Crippen LogP contribution in [-0.2, 0) is 11.2 Å². The molecule has 0 unspecified atom stereocenters. The average Bonchev–Trinajstić information content (AvgIpc) is 2.49. The Morgan fingerprint density at radius 2 is 1.75 bits per heavy atom. The molecule has 2 amide bonds. The summed E-state index contributed by atoms with van der Waals surface area (Å²) in [5, 5.41) is 2.91. The van der Waals surface area contributed by atoms with Gasteiger partial charge in [0.1, 0.15) is 17.7 Å². The molecule has 0 saturated carbocycles. The molecule has 8 heteroatoms. The summed E-state index contributed by atoms with van der Waals surface area (Å²) >= 11 is 12.0. The SMILES string of the molecule is NC(=O)[C@H](Cc1c(Cl)cccc1Cl)NC(=O)c1ccc(F)cc1F. The van der Waals surface area contributed by atoms with Crippen molar-refractivity contribution in [3.63, 3.8) is 0 Å². The van der Waals surface area contributed by atoms with Crippen LogP contribution in [0.4, 0.5) is 8.78 Å². The summed E-state index contributed by atoms with van der Waals surface area (Å²) in [7, 11) is 0. The van der Waals surface area contributed by atoms with Crippen molar-refractivity contribution >= 4 is 35.0 Å². The number of carbonyl (C=O) groups excluding carboxylic acids is 2. The van der Waals surface area contributed by atoms with Gasteiger partial charge in [-0.25, -0.2) is 8.78 Å². The van der Waals surface area contributed by atoms with Crippen LogP contribution in [-0.4, -0.2) is 17.9 Å². The Bertz CT molecular complexity index is 779. The van der Waals surface area contributed by atoms with E-state index in [9.17, 15) is 18.4 Å². The second-order valence-electron chi connectivity index (χ2n) is 4.96. The number of amides is 2. The van der Waals surface area contributed by atoms with E-state index in [-0.39, 0.29) is 6.42 Å². The van der Waals surface area contributed by atoms with E-state index in [0.717, 1.165) is 12.1 Å². The van der Waals surface area contributed by atoms with Gasteiger partial charge in [0.05, 0.1) is 5.56 Å². The van der Waals surface area contributed by atoms with Gasteiger partial charge in [-0.2, -0.15) is 0 Å². The second-order valence-corrected chi connectivity index (χ2v) is 5.77. The number of rotatable bonds is 5. The first-order valence-electron chi connectivity index (χ1n) is 6.77. The lowest BCUT2D eigenvalue weighted by Gasteiger charge is -2.17. The first kappa shape index (κ1) is 18.2. The smallest absolute Gasteiger partial charge is 0.254 e. The third-order valence-electron chi connectivity index (χ3n) is 3.29. The molecule has 2 aromatic rings. The van der Waals surface area contributed by atoms with Gasteiger partial charge in [0.15, 0.2) is 0 Å². The van der Waals surface area contributed by atoms with Gasteiger partial charge in [0, 0.05) is 22.5 Å². The number of nitrogens with one attached hydrogen (secondary N) is 1. The third kappa shape index (κ3) is 4.21. The standard InChI is InChI=1S/C16H12Cl2F2N2O2/c17-11-2-1-3-12(18)10(11)7-14(15(21)23)22-16(24)9-5-4-8(19)6-13(9)20/h1-6,14H,7H2,(H2,21,23)(H,22,24)/t14-/m0/s1. The first-order chi connectivity index (χ1) is 11.3. The highest BCUT2D eigenvalue weighted by Crippen LogP contribution is 2.25. The fraction of sp³-hybridized carbons (Fsp3) is 0.125. The van der Waals surface area contributed by atoms with Crippen LogP contribution in [0.15, 0.2) is 36.4 Å².